The summed E-state index contributed by atoms with van der Waals surface area (Å²) in [6, 6.07) is 0. The number of hydrogen-bond donors (Lipinski definition) is 0. The van der Waals surface area contributed by atoms with E-state index < -0.39 is 11.6 Å². The highest BCUT2D eigenvalue weighted by atomic mass is 16.6. The number of rotatable bonds is 3. The maximum absolute atomic E-state index is 11.7. The monoisotopic (exact) mass is 264 g/mol. The van der Waals surface area contributed by atoms with Gasteiger partial charge in [0.25, 0.3) is 0 Å². The van der Waals surface area contributed by atoms with E-state index in [9.17, 15) is 9.59 Å². The van der Waals surface area contributed by atoms with Gasteiger partial charge in [-0.15, -0.1) is 0 Å². The first-order chi connectivity index (χ1) is 8.93. The molecule has 0 aromatic rings. The van der Waals surface area contributed by atoms with Crippen LogP contribution in [0.5, 0.6) is 0 Å². The normalized spacial score (nSPS) is 37.2. The van der Waals surface area contributed by atoms with E-state index in [1.54, 1.807) is 13.0 Å². The number of allylic oxidation sites excluding steroid dienone is 1. The summed E-state index contributed by atoms with van der Waals surface area (Å²) < 4.78 is 10.4. The molecular weight excluding hydrogens is 244 g/mol. The van der Waals surface area contributed by atoms with E-state index in [0.717, 1.165) is 6.42 Å². The number of esters is 2. The predicted octanol–water partition coefficient (Wildman–Crippen LogP) is 2.39. The van der Waals surface area contributed by atoms with Crippen LogP contribution in [0, 0.1) is 11.3 Å². The first kappa shape index (κ1) is 13.8. The van der Waals surface area contributed by atoms with E-state index in [0.29, 0.717) is 18.9 Å². The standard InChI is InChI=1S/C15H20O4/c1-4-18-12(16)7-9-15-8-5-6-11(2)14(15,3)10-13(17)19-15/h5,7-9,11H,4,6,10H2,1-3H3/b9-7+/t11?,14-,15-/m1/s1. The number of carbonyl (C=O) groups is 2. The van der Waals surface area contributed by atoms with Crippen LogP contribution in [-0.2, 0) is 19.1 Å². The molecule has 1 fully saturated rings. The fraction of sp³-hybridized carbons (Fsp3) is 0.600. The zero-order chi connectivity index (χ0) is 14.1. The lowest BCUT2D eigenvalue weighted by molar-refractivity contribution is -0.145. The van der Waals surface area contributed by atoms with E-state index in [1.165, 1.54) is 6.08 Å². The quantitative estimate of drug-likeness (QED) is 0.446. The van der Waals surface area contributed by atoms with Gasteiger partial charge in [0.2, 0.25) is 0 Å². The van der Waals surface area contributed by atoms with Gasteiger partial charge in [-0.1, -0.05) is 19.9 Å². The molecule has 4 heteroatoms. The fourth-order valence-electron chi connectivity index (χ4n) is 2.93. The van der Waals surface area contributed by atoms with Crippen LogP contribution in [0.1, 0.15) is 33.6 Å². The predicted molar refractivity (Wildman–Crippen MR) is 70.2 cm³/mol. The Balaban J connectivity index is 2.32. The van der Waals surface area contributed by atoms with Crippen LogP contribution in [0.2, 0.25) is 0 Å². The van der Waals surface area contributed by atoms with Gasteiger partial charge in [0, 0.05) is 11.5 Å². The summed E-state index contributed by atoms with van der Waals surface area (Å²) in [4.78, 5) is 23.2. The molecule has 1 heterocycles. The Hall–Kier alpha value is -1.58. The molecule has 1 aliphatic heterocycles. The Morgan fingerprint density at radius 2 is 2.37 bits per heavy atom. The van der Waals surface area contributed by atoms with Crippen LogP contribution in [0.15, 0.2) is 24.3 Å². The molecule has 1 saturated heterocycles. The lowest BCUT2D eigenvalue weighted by Crippen LogP contribution is -2.46. The Labute approximate surface area is 113 Å². The summed E-state index contributed by atoms with van der Waals surface area (Å²) in [5.74, 6) is -0.306. The minimum atomic E-state index is -0.811. The molecule has 2 aliphatic rings. The van der Waals surface area contributed by atoms with Crippen molar-refractivity contribution < 1.29 is 19.1 Å². The summed E-state index contributed by atoms with van der Waals surface area (Å²) in [6.07, 6.45) is 8.24. The van der Waals surface area contributed by atoms with E-state index in [-0.39, 0.29) is 11.4 Å². The van der Waals surface area contributed by atoms with Crippen LogP contribution in [0.25, 0.3) is 0 Å². The molecule has 1 aliphatic carbocycles. The van der Waals surface area contributed by atoms with Crippen LogP contribution >= 0.6 is 0 Å². The average molecular weight is 264 g/mol. The van der Waals surface area contributed by atoms with Crippen molar-refractivity contribution in [3.05, 3.63) is 24.3 Å². The zero-order valence-electron chi connectivity index (χ0n) is 11.6. The molecule has 0 aromatic carbocycles. The first-order valence-corrected chi connectivity index (χ1v) is 6.69. The number of fused-ring (bicyclic) bond motifs is 1. The zero-order valence-corrected chi connectivity index (χ0v) is 11.6. The van der Waals surface area contributed by atoms with Gasteiger partial charge >= 0.3 is 11.9 Å². The van der Waals surface area contributed by atoms with Gasteiger partial charge in [-0.2, -0.15) is 0 Å². The van der Waals surface area contributed by atoms with Gasteiger partial charge in [-0.05, 0) is 31.4 Å². The summed E-state index contributed by atoms with van der Waals surface area (Å²) in [5, 5.41) is 0. The van der Waals surface area contributed by atoms with Crippen molar-refractivity contribution >= 4 is 11.9 Å². The van der Waals surface area contributed by atoms with E-state index >= 15 is 0 Å². The number of carbonyl (C=O) groups excluding carboxylic acids is 2. The number of hydrogen-bond acceptors (Lipinski definition) is 4. The maximum atomic E-state index is 11.7. The van der Waals surface area contributed by atoms with Gasteiger partial charge in [0.05, 0.1) is 13.0 Å². The average Bonchev–Trinajstić information content (AvgIpc) is 2.60. The topological polar surface area (TPSA) is 52.6 Å². The third-order valence-electron chi connectivity index (χ3n) is 4.38. The van der Waals surface area contributed by atoms with Crippen LogP contribution < -0.4 is 0 Å². The molecule has 4 nitrogen and oxygen atoms in total. The Morgan fingerprint density at radius 1 is 1.63 bits per heavy atom. The van der Waals surface area contributed by atoms with Crippen molar-refractivity contribution in [2.75, 3.05) is 6.61 Å². The highest BCUT2D eigenvalue weighted by Gasteiger charge is 2.58. The van der Waals surface area contributed by atoms with Gasteiger partial charge < -0.3 is 9.47 Å². The van der Waals surface area contributed by atoms with Crippen molar-refractivity contribution in [3.8, 4) is 0 Å². The van der Waals surface area contributed by atoms with Crippen LogP contribution in [-0.4, -0.2) is 24.1 Å². The minimum Gasteiger partial charge on any atom is -0.463 e. The Kier molecular flexibility index (Phi) is 3.52. The molecule has 0 saturated carbocycles. The summed E-state index contributed by atoms with van der Waals surface area (Å²) in [5.41, 5.74) is -1.11. The minimum absolute atomic E-state index is 0.214. The Morgan fingerprint density at radius 3 is 3.05 bits per heavy atom. The second-order valence-corrected chi connectivity index (χ2v) is 5.49. The van der Waals surface area contributed by atoms with E-state index in [4.69, 9.17) is 9.47 Å². The second kappa shape index (κ2) is 4.83. The highest BCUT2D eigenvalue weighted by molar-refractivity contribution is 5.83. The molecule has 2 rings (SSSR count). The SMILES string of the molecule is CCOC(=O)/C=C/[C@]12C=CCC(C)[C@@]1(C)CC(=O)O2. The summed E-state index contributed by atoms with van der Waals surface area (Å²) in [7, 11) is 0. The molecule has 0 spiro atoms. The summed E-state index contributed by atoms with van der Waals surface area (Å²) >= 11 is 0. The lowest BCUT2D eigenvalue weighted by atomic mass is 9.61. The molecule has 0 N–H and O–H groups in total. The van der Waals surface area contributed by atoms with Crippen molar-refractivity contribution in [2.45, 2.75) is 39.2 Å². The molecule has 1 unspecified atom stereocenters. The Bertz CT molecular complexity index is 451. The molecule has 0 amide bonds. The molecule has 0 radical (unpaired) electrons. The second-order valence-electron chi connectivity index (χ2n) is 5.49. The van der Waals surface area contributed by atoms with Crippen molar-refractivity contribution in [3.63, 3.8) is 0 Å². The third-order valence-corrected chi connectivity index (χ3v) is 4.38. The van der Waals surface area contributed by atoms with Gasteiger partial charge in [0.15, 0.2) is 5.60 Å². The van der Waals surface area contributed by atoms with Crippen molar-refractivity contribution in [2.24, 2.45) is 11.3 Å². The van der Waals surface area contributed by atoms with Crippen molar-refractivity contribution in [1.82, 2.24) is 0 Å². The smallest absolute Gasteiger partial charge is 0.330 e. The van der Waals surface area contributed by atoms with Crippen LogP contribution in [0.3, 0.4) is 0 Å². The molecular formula is C15H20O4. The van der Waals surface area contributed by atoms with Crippen LogP contribution in [0.4, 0.5) is 0 Å². The molecule has 19 heavy (non-hydrogen) atoms. The van der Waals surface area contributed by atoms with E-state index in [2.05, 4.69) is 6.92 Å². The van der Waals surface area contributed by atoms with Gasteiger partial charge in [0.1, 0.15) is 0 Å². The maximum Gasteiger partial charge on any atom is 0.330 e. The molecule has 0 bridgehead atoms. The highest BCUT2D eigenvalue weighted by Crippen LogP contribution is 2.54. The summed E-state index contributed by atoms with van der Waals surface area (Å²) in [6.45, 7) is 6.24. The van der Waals surface area contributed by atoms with Crippen molar-refractivity contribution in [1.29, 1.82) is 0 Å². The largest absolute Gasteiger partial charge is 0.463 e. The number of ether oxygens (including phenoxy) is 2. The van der Waals surface area contributed by atoms with E-state index in [1.807, 2.05) is 19.1 Å². The molecule has 3 atom stereocenters. The molecule has 104 valence electrons. The lowest BCUT2D eigenvalue weighted by Gasteiger charge is -2.43. The molecule has 0 aromatic heterocycles. The first-order valence-electron chi connectivity index (χ1n) is 6.69. The third kappa shape index (κ3) is 2.20. The van der Waals surface area contributed by atoms with Gasteiger partial charge in [-0.25, -0.2) is 4.79 Å². The van der Waals surface area contributed by atoms with Gasteiger partial charge in [-0.3, -0.25) is 4.79 Å². The fourth-order valence-corrected chi connectivity index (χ4v) is 2.93.